The first kappa shape index (κ1) is 14.9. The van der Waals surface area contributed by atoms with Gasteiger partial charge in [0.15, 0.2) is 0 Å². The average Bonchev–Trinajstić information content (AvgIpc) is 2.40. The maximum absolute atomic E-state index is 9.41. The molecule has 2 rings (SSSR count). The van der Waals surface area contributed by atoms with Crippen molar-refractivity contribution < 1.29 is 9.84 Å². The van der Waals surface area contributed by atoms with Crippen LogP contribution in [-0.4, -0.2) is 5.11 Å². The summed E-state index contributed by atoms with van der Waals surface area (Å²) in [6.45, 7) is 6.33. The average molecular weight is 291 g/mol. The summed E-state index contributed by atoms with van der Waals surface area (Å²) in [6, 6.07) is 13.2. The number of halogens is 1. The molecule has 0 heterocycles. The van der Waals surface area contributed by atoms with Gasteiger partial charge in [0.2, 0.25) is 0 Å². The maximum atomic E-state index is 9.41. The highest BCUT2D eigenvalue weighted by Gasteiger charge is 2.19. The summed E-state index contributed by atoms with van der Waals surface area (Å²) in [4.78, 5) is 0. The van der Waals surface area contributed by atoms with Gasteiger partial charge in [0, 0.05) is 16.1 Å². The number of aliphatic hydroxyl groups excluding tert-OH is 1. The van der Waals surface area contributed by atoms with Gasteiger partial charge in [0.05, 0.1) is 6.61 Å². The Morgan fingerprint density at radius 3 is 2.40 bits per heavy atom. The van der Waals surface area contributed by atoms with E-state index in [-0.39, 0.29) is 12.0 Å². The van der Waals surface area contributed by atoms with Crippen LogP contribution in [0.4, 0.5) is 0 Å². The fourth-order valence-electron chi connectivity index (χ4n) is 2.06. The molecule has 0 unspecified atom stereocenters. The van der Waals surface area contributed by atoms with Crippen LogP contribution in [0.3, 0.4) is 0 Å². The number of aliphatic hydroxyl groups is 1. The van der Waals surface area contributed by atoms with Crippen molar-refractivity contribution in [3.63, 3.8) is 0 Å². The monoisotopic (exact) mass is 290 g/mol. The zero-order valence-electron chi connectivity index (χ0n) is 12.0. The highest BCUT2D eigenvalue weighted by Crippen LogP contribution is 2.35. The molecular formula is C17H19ClO2. The molecule has 0 saturated carbocycles. The maximum Gasteiger partial charge on any atom is 0.133 e. The zero-order valence-corrected chi connectivity index (χ0v) is 12.7. The highest BCUT2D eigenvalue weighted by atomic mass is 35.5. The van der Waals surface area contributed by atoms with Gasteiger partial charge >= 0.3 is 0 Å². The largest absolute Gasteiger partial charge is 0.457 e. The fraction of sp³-hybridized carbons (Fsp3) is 0.294. The van der Waals surface area contributed by atoms with Crippen molar-refractivity contribution in [2.75, 3.05) is 0 Å². The first-order chi connectivity index (χ1) is 9.41. The van der Waals surface area contributed by atoms with Crippen LogP contribution in [0.25, 0.3) is 0 Å². The van der Waals surface area contributed by atoms with E-state index in [1.165, 1.54) is 0 Å². The molecule has 2 aromatic carbocycles. The Morgan fingerprint density at radius 2 is 1.75 bits per heavy atom. The fourth-order valence-corrected chi connectivity index (χ4v) is 2.26. The molecule has 0 fully saturated rings. The lowest BCUT2D eigenvalue weighted by Gasteiger charge is -2.23. The molecule has 0 saturated heterocycles. The van der Waals surface area contributed by atoms with Crippen LogP contribution < -0.4 is 4.74 Å². The van der Waals surface area contributed by atoms with E-state index in [2.05, 4.69) is 26.8 Å². The summed E-state index contributed by atoms with van der Waals surface area (Å²) in [6.07, 6.45) is 0. The van der Waals surface area contributed by atoms with Crippen molar-refractivity contribution >= 4 is 11.6 Å². The van der Waals surface area contributed by atoms with E-state index >= 15 is 0 Å². The smallest absolute Gasteiger partial charge is 0.133 e. The molecule has 3 heteroatoms. The third-order valence-corrected chi connectivity index (χ3v) is 3.34. The van der Waals surface area contributed by atoms with Gasteiger partial charge in [-0.1, -0.05) is 50.6 Å². The SMILES string of the molecule is CC(C)(C)c1ccccc1Oc1ccc(Cl)cc1CO. The van der Waals surface area contributed by atoms with E-state index in [4.69, 9.17) is 16.3 Å². The van der Waals surface area contributed by atoms with Crippen LogP contribution in [0, 0.1) is 0 Å². The predicted molar refractivity (Wildman–Crippen MR) is 82.6 cm³/mol. The van der Waals surface area contributed by atoms with E-state index in [0.29, 0.717) is 16.3 Å². The molecule has 1 N–H and O–H groups in total. The number of hydrogen-bond acceptors (Lipinski definition) is 2. The van der Waals surface area contributed by atoms with Crippen molar-refractivity contribution in [1.29, 1.82) is 0 Å². The number of benzene rings is 2. The van der Waals surface area contributed by atoms with Gasteiger partial charge in [0.25, 0.3) is 0 Å². The van der Waals surface area contributed by atoms with Crippen LogP contribution in [-0.2, 0) is 12.0 Å². The molecule has 0 aliphatic carbocycles. The minimum absolute atomic E-state index is 0.0115. The second-order valence-electron chi connectivity index (χ2n) is 5.76. The lowest BCUT2D eigenvalue weighted by molar-refractivity contribution is 0.276. The van der Waals surface area contributed by atoms with Gasteiger partial charge in [-0.25, -0.2) is 0 Å². The lowest BCUT2D eigenvalue weighted by Crippen LogP contribution is -2.12. The van der Waals surface area contributed by atoms with Gasteiger partial charge in [-0.15, -0.1) is 0 Å². The summed E-state index contributed by atoms with van der Waals surface area (Å²) in [5.41, 5.74) is 1.79. The van der Waals surface area contributed by atoms with Crippen molar-refractivity contribution in [3.8, 4) is 11.5 Å². The molecule has 0 spiro atoms. The summed E-state index contributed by atoms with van der Waals surface area (Å²) in [5.74, 6) is 1.44. The number of para-hydroxylation sites is 1. The predicted octanol–water partition coefficient (Wildman–Crippen LogP) is 4.92. The van der Waals surface area contributed by atoms with Gasteiger partial charge in [-0.05, 0) is 29.7 Å². The van der Waals surface area contributed by atoms with E-state index in [9.17, 15) is 5.11 Å². The highest BCUT2D eigenvalue weighted by molar-refractivity contribution is 6.30. The molecule has 0 bridgehead atoms. The Labute approximate surface area is 125 Å². The van der Waals surface area contributed by atoms with E-state index in [0.717, 1.165) is 11.3 Å². The van der Waals surface area contributed by atoms with Crippen LogP contribution in [0.2, 0.25) is 5.02 Å². The van der Waals surface area contributed by atoms with E-state index in [1.807, 2.05) is 18.2 Å². The van der Waals surface area contributed by atoms with Gasteiger partial charge in [-0.3, -0.25) is 0 Å². The number of hydrogen-bond donors (Lipinski definition) is 1. The molecule has 106 valence electrons. The van der Waals surface area contributed by atoms with E-state index in [1.54, 1.807) is 18.2 Å². The van der Waals surface area contributed by atoms with Crippen LogP contribution in [0.15, 0.2) is 42.5 Å². The molecule has 0 aliphatic heterocycles. The van der Waals surface area contributed by atoms with Crippen molar-refractivity contribution in [2.24, 2.45) is 0 Å². The molecule has 0 aromatic heterocycles. The second kappa shape index (κ2) is 5.86. The Kier molecular flexibility index (Phi) is 4.36. The second-order valence-corrected chi connectivity index (χ2v) is 6.19. The summed E-state index contributed by atoms with van der Waals surface area (Å²) >= 11 is 5.94. The Balaban J connectivity index is 2.41. The van der Waals surface area contributed by atoms with Crippen molar-refractivity contribution in [1.82, 2.24) is 0 Å². The third kappa shape index (κ3) is 3.33. The minimum atomic E-state index is -0.104. The Morgan fingerprint density at radius 1 is 1.05 bits per heavy atom. The topological polar surface area (TPSA) is 29.5 Å². The van der Waals surface area contributed by atoms with Crippen molar-refractivity contribution in [3.05, 3.63) is 58.6 Å². The zero-order chi connectivity index (χ0) is 14.8. The molecule has 2 nitrogen and oxygen atoms in total. The first-order valence-corrected chi connectivity index (χ1v) is 6.96. The summed E-state index contributed by atoms with van der Waals surface area (Å²) < 4.78 is 5.99. The lowest BCUT2D eigenvalue weighted by atomic mass is 9.86. The van der Waals surface area contributed by atoms with Gasteiger partial charge < -0.3 is 9.84 Å². The molecule has 20 heavy (non-hydrogen) atoms. The van der Waals surface area contributed by atoms with Gasteiger partial charge in [0.1, 0.15) is 11.5 Å². The summed E-state index contributed by atoms with van der Waals surface area (Å²) in [5, 5.41) is 10.00. The molecular weight excluding hydrogens is 272 g/mol. The third-order valence-electron chi connectivity index (χ3n) is 3.11. The Bertz CT molecular complexity index is 600. The Hall–Kier alpha value is -1.51. The van der Waals surface area contributed by atoms with E-state index < -0.39 is 0 Å². The quantitative estimate of drug-likeness (QED) is 0.869. The van der Waals surface area contributed by atoms with Crippen LogP contribution in [0.5, 0.6) is 11.5 Å². The minimum Gasteiger partial charge on any atom is -0.457 e. The first-order valence-electron chi connectivity index (χ1n) is 6.58. The molecule has 0 atom stereocenters. The normalized spacial score (nSPS) is 11.4. The van der Waals surface area contributed by atoms with Crippen LogP contribution in [0.1, 0.15) is 31.9 Å². The number of ether oxygens (including phenoxy) is 1. The summed E-state index contributed by atoms with van der Waals surface area (Å²) in [7, 11) is 0. The van der Waals surface area contributed by atoms with Gasteiger partial charge in [-0.2, -0.15) is 0 Å². The van der Waals surface area contributed by atoms with Crippen molar-refractivity contribution in [2.45, 2.75) is 32.8 Å². The molecule has 0 amide bonds. The standard InChI is InChI=1S/C17H19ClO2/c1-17(2,3)14-6-4-5-7-16(14)20-15-9-8-13(18)10-12(15)11-19/h4-10,19H,11H2,1-3H3. The molecule has 2 aromatic rings. The van der Waals surface area contributed by atoms with Crippen LogP contribution >= 0.6 is 11.6 Å². The molecule has 0 aliphatic rings. The molecule has 0 radical (unpaired) electrons. The number of rotatable bonds is 3.